The topological polar surface area (TPSA) is 30.2 Å². The van der Waals surface area contributed by atoms with Crippen molar-refractivity contribution in [1.82, 2.24) is 0 Å². The monoisotopic (exact) mass is 274 g/mol. The molecule has 94 valence electrons. The minimum absolute atomic E-state index is 0.260. The van der Waals surface area contributed by atoms with Crippen molar-refractivity contribution in [1.29, 1.82) is 0 Å². The van der Waals surface area contributed by atoms with Crippen molar-refractivity contribution in [2.24, 2.45) is 0 Å². The lowest BCUT2D eigenvalue weighted by atomic mass is 10.0. The summed E-state index contributed by atoms with van der Waals surface area (Å²) in [4.78, 5) is 11.6. The Morgan fingerprint density at radius 2 is 1.79 bits per heavy atom. The predicted molar refractivity (Wildman–Crippen MR) is 72.9 cm³/mol. The molecule has 0 saturated heterocycles. The standard InChI is InChI=1S/C15H8ClFO2/c16-13-7-9(17)5-6-10(13)12-8-15(18)19-14-4-2-1-3-11(12)14/h1-8H. The molecule has 0 atom stereocenters. The zero-order chi connectivity index (χ0) is 13.4. The first-order chi connectivity index (χ1) is 9.15. The average Bonchev–Trinajstić information content (AvgIpc) is 2.38. The van der Waals surface area contributed by atoms with Crippen LogP contribution in [0.4, 0.5) is 4.39 Å². The van der Waals surface area contributed by atoms with Crippen LogP contribution in [-0.4, -0.2) is 0 Å². The Bertz CT molecular complexity index is 824. The Hall–Kier alpha value is -2.13. The van der Waals surface area contributed by atoms with Gasteiger partial charge in [0.1, 0.15) is 11.4 Å². The van der Waals surface area contributed by atoms with Crippen molar-refractivity contribution in [3.8, 4) is 11.1 Å². The quantitative estimate of drug-likeness (QED) is 0.621. The van der Waals surface area contributed by atoms with E-state index < -0.39 is 11.4 Å². The van der Waals surface area contributed by atoms with E-state index in [0.29, 0.717) is 16.7 Å². The Kier molecular flexibility index (Phi) is 2.84. The largest absolute Gasteiger partial charge is 0.423 e. The van der Waals surface area contributed by atoms with E-state index in [1.807, 2.05) is 12.1 Å². The summed E-state index contributed by atoms with van der Waals surface area (Å²) in [6, 6.07) is 12.6. The second-order valence-corrected chi connectivity index (χ2v) is 4.51. The van der Waals surface area contributed by atoms with Gasteiger partial charge in [-0.1, -0.05) is 29.8 Å². The molecule has 1 heterocycles. The van der Waals surface area contributed by atoms with E-state index in [1.54, 1.807) is 18.2 Å². The first-order valence-corrected chi connectivity index (χ1v) is 6.01. The summed E-state index contributed by atoms with van der Waals surface area (Å²) in [5.74, 6) is -0.416. The van der Waals surface area contributed by atoms with E-state index in [9.17, 15) is 9.18 Å². The zero-order valence-electron chi connectivity index (χ0n) is 9.69. The molecule has 0 spiro atoms. The van der Waals surface area contributed by atoms with Gasteiger partial charge in [-0.25, -0.2) is 9.18 Å². The third-order valence-corrected chi connectivity index (χ3v) is 3.18. The van der Waals surface area contributed by atoms with Crippen LogP contribution in [0.25, 0.3) is 22.1 Å². The Labute approximate surface area is 113 Å². The van der Waals surface area contributed by atoms with Crippen LogP contribution in [0.3, 0.4) is 0 Å². The fraction of sp³-hybridized carbons (Fsp3) is 0. The number of rotatable bonds is 1. The van der Waals surface area contributed by atoms with Crippen LogP contribution in [0, 0.1) is 5.82 Å². The normalized spacial score (nSPS) is 10.8. The smallest absolute Gasteiger partial charge is 0.336 e. The number of hydrogen-bond donors (Lipinski definition) is 0. The first kappa shape index (κ1) is 11.9. The van der Waals surface area contributed by atoms with Crippen LogP contribution < -0.4 is 5.63 Å². The average molecular weight is 275 g/mol. The minimum atomic E-state index is -0.464. The number of fused-ring (bicyclic) bond motifs is 1. The molecule has 4 heteroatoms. The molecular weight excluding hydrogens is 267 g/mol. The zero-order valence-corrected chi connectivity index (χ0v) is 10.4. The highest BCUT2D eigenvalue weighted by molar-refractivity contribution is 6.33. The molecule has 0 aliphatic heterocycles. The van der Waals surface area contributed by atoms with E-state index >= 15 is 0 Å². The molecule has 0 saturated carbocycles. The van der Waals surface area contributed by atoms with Crippen molar-refractivity contribution < 1.29 is 8.81 Å². The van der Waals surface area contributed by atoms with Gasteiger partial charge in [-0.15, -0.1) is 0 Å². The number of hydrogen-bond acceptors (Lipinski definition) is 2. The Balaban J connectivity index is 2.39. The van der Waals surface area contributed by atoms with Crippen LogP contribution in [0.5, 0.6) is 0 Å². The molecule has 2 aromatic carbocycles. The maximum Gasteiger partial charge on any atom is 0.336 e. The number of halogens is 2. The van der Waals surface area contributed by atoms with Gasteiger partial charge in [-0.05, 0) is 24.3 Å². The van der Waals surface area contributed by atoms with Crippen molar-refractivity contribution in [3.63, 3.8) is 0 Å². The van der Waals surface area contributed by atoms with E-state index in [4.69, 9.17) is 16.0 Å². The van der Waals surface area contributed by atoms with Crippen molar-refractivity contribution >= 4 is 22.6 Å². The Morgan fingerprint density at radius 3 is 2.58 bits per heavy atom. The van der Waals surface area contributed by atoms with Gasteiger partial charge >= 0.3 is 5.63 Å². The van der Waals surface area contributed by atoms with Gasteiger partial charge in [0.05, 0.1) is 5.02 Å². The summed E-state index contributed by atoms with van der Waals surface area (Å²) in [6.45, 7) is 0. The van der Waals surface area contributed by atoms with Gasteiger partial charge < -0.3 is 4.42 Å². The third-order valence-electron chi connectivity index (χ3n) is 2.87. The molecule has 0 bridgehead atoms. The second-order valence-electron chi connectivity index (χ2n) is 4.10. The third kappa shape index (κ3) is 2.13. The van der Waals surface area contributed by atoms with Crippen LogP contribution in [0.15, 0.2) is 57.7 Å². The SMILES string of the molecule is O=c1cc(-c2ccc(F)cc2Cl)c2ccccc2o1. The van der Waals surface area contributed by atoms with Crippen LogP contribution in [0.1, 0.15) is 0 Å². The van der Waals surface area contributed by atoms with Crippen LogP contribution in [-0.2, 0) is 0 Å². The molecule has 3 aromatic rings. The summed E-state index contributed by atoms with van der Waals surface area (Å²) in [5, 5.41) is 1.02. The van der Waals surface area contributed by atoms with Crippen molar-refractivity contribution in [3.05, 3.63) is 69.8 Å². The maximum absolute atomic E-state index is 13.1. The van der Waals surface area contributed by atoms with E-state index in [0.717, 1.165) is 5.39 Å². The molecule has 0 aliphatic rings. The molecule has 19 heavy (non-hydrogen) atoms. The fourth-order valence-corrected chi connectivity index (χ4v) is 2.31. The molecule has 1 aromatic heterocycles. The highest BCUT2D eigenvalue weighted by Crippen LogP contribution is 2.32. The molecule has 3 rings (SSSR count). The molecule has 0 fully saturated rings. The van der Waals surface area contributed by atoms with Crippen LogP contribution in [0.2, 0.25) is 5.02 Å². The predicted octanol–water partition coefficient (Wildman–Crippen LogP) is 4.25. The highest BCUT2D eigenvalue weighted by atomic mass is 35.5. The van der Waals surface area contributed by atoms with Gasteiger partial charge in [-0.2, -0.15) is 0 Å². The van der Waals surface area contributed by atoms with Gasteiger partial charge in [-0.3, -0.25) is 0 Å². The van der Waals surface area contributed by atoms with Gasteiger partial charge in [0.15, 0.2) is 0 Å². The summed E-state index contributed by atoms with van der Waals surface area (Å²) in [6.07, 6.45) is 0. The van der Waals surface area contributed by atoms with Crippen molar-refractivity contribution in [2.45, 2.75) is 0 Å². The summed E-state index contributed by atoms with van der Waals surface area (Å²) >= 11 is 6.04. The van der Waals surface area contributed by atoms with Crippen molar-refractivity contribution in [2.75, 3.05) is 0 Å². The van der Waals surface area contributed by atoms with E-state index in [2.05, 4.69) is 0 Å². The highest BCUT2D eigenvalue weighted by Gasteiger charge is 2.10. The van der Waals surface area contributed by atoms with Gasteiger partial charge in [0, 0.05) is 22.6 Å². The lowest BCUT2D eigenvalue weighted by molar-refractivity contribution is 0.561. The lowest BCUT2D eigenvalue weighted by Gasteiger charge is -2.07. The summed E-state index contributed by atoms with van der Waals surface area (Å²) < 4.78 is 18.2. The van der Waals surface area contributed by atoms with E-state index in [-0.39, 0.29) is 5.02 Å². The molecule has 0 radical (unpaired) electrons. The van der Waals surface area contributed by atoms with Gasteiger partial charge in [0.25, 0.3) is 0 Å². The Morgan fingerprint density at radius 1 is 1.00 bits per heavy atom. The molecule has 0 amide bonds. The molecule has 0 N–H and O–H groups in total. The van der Waals surface area contributed by atoms with Crippen LogP contribution >= 0.6 is 11.6 Å². The molecule has 0 unspecified atom stereocenters. The summed E-state index contributed by atoms with van der Waals surface area (Å²) in [5.41, 5.74) is 1.25. The van der Waals surface area contributed by atoms with E-state index in [1.165, 1.54) is 18.2 Å². The minimum Gasteiger partial charge on any atom is -0.423 e. The van der Waals surface area contributed by atoms with Gasteiger partial charge in [0.2, 0.25) is 0 Å². The molecular formula is C15H8ClFO2. The lowest BCUT2D eigenvalue weighted by Crippen LogP contribution is -1.98. The number of para-hydroxylation sites is 1. The second kappa shape index (κ2) is 4.52. The molecule has 2 nitrogen and oxygen atoms in total. The molecule has 0 aliphatic carbocycles. The summed E-state index contributed by atoms with van der Waals surface area (Å²) in [7, 11) is 0. The fourth-order valence-electron chi connectivity index (χ4n) is 2.04. The maximum atomic E-state index is 13.1. The first-order valence-electron chi connectivity index (χ1n) is 5.63. The number of benzene rings is 2.